The van der Waals surface area contributed by atoms with E-state index in [9.17, 15) is 17.6 Å². The summed E-state index contributed by atoms with van der Waals surface area (Å²) in [4.78, 5) is 0. The zero-order valence-electron chi connectivity index (χ0n) is 20.2. The van der Waals surface area contributed by atoms with E-state index in [1.807, 2.05) is 0 Å². The summed E-state index contributed by atoms with van der Waals surface area (Å²) in [6, 6.07) is 19.5. The summed E-state index contributed by atoms with van der Waals surface area (Å²) < 4.78 is 91.6. The van der Waals surface area contributed by atoms with Crippen LogP contribution in [0.4, 0.5) is 17.6 Å². The predicted molar refractivity (Wildman–Crippen MR) is 145 cm³/mol. The minimum Gasteiger partial charge on any atom is -0.431 e. The van der Waals surface area contributed by atoms with E-state index in [0.29, 0.717) is 0 Å². The van der Waals surface area contributed by atoms with Crippen molar-refractivity contribution in [3.63, 3.8) is 0 Å². The Labute approximate surface area is 226 Å². The van der Waals surface area contributed by atoms with Gasteiger partial charge in [-0.3, -0.25) is 0 Å². The molecule has 4 N–H and O–H groups in total. The molecule has 208 valence electrons. The maximum atomic E-state index is 13.6. The number of halogens is 4. The van der Waals surface area contributed by atoms with Gasteiger partial charge in [-0.25, -0.2) is 28.6 Å². The van der Waals surface area contributed by atoms with Crippen molar-refractivity contribution in [2.24, 2.45) is 24.6 Å². The lowest BCUT2D eigenvalue weighted by molar-refractivity contribution is 0.472. The Morgan fingerprint density at radius 2 is 0.675 bits per heavy atom. The highest BCUT2D eigenvalue weighted by molar-refractivity contribution is 7.80. The third-order valence-corrected chi connectivity index (χ3v) is 12.7. The van der Waals surface area contributed by atoms with Crippen LogP contribution in [0.3, 0.4) is 0 Å². The van der Waals surface area contributed by atoms with E-state index in [2.05, 4.69) is 13.5 Å². The molecule has 9 nitrogen and oxygen atoms in total. The molecule has 16 heteroatoms. The van der Waals surface area contributed by atoms with Crippen LogP contribution < -0.4 is 29.1 Å². The molecule has 0 aromatic heterocycles. The van der Waals surface area contributed by atoms with E-state index >= 15 is 0 Å². The molecule has 0 spiro atoms. The molecule has 0 amide bonds. The fourth-order valence-corrected chi connectivity index (χ4v) is 11.6. The van der Waals surface area contributed by atoms with Crippen LogP contribution in [0.25, 0.3) is 0 Å². The van der Waals surface area contributed by atoms with E-state index in [4.69, 9.17) is 29.1 Å². The standard InChI is InChI=1S/C24H20F4N5O4P3/c25-17-1-9-21(10-2-17)34-38(29)31-39(30,35-22-11-3-18(26)4-12-22)33-40(32-38,36-23-13-5-19(27)6-14-23)37-24-15-7-20(28)8-16-24/h1-16H,29-30H2/t38-,39+. The summed E-state index contributed by atoms with van der Waals surface area (Å²) in [6.45, 7) is 0. The molecule has 0 aliphatic carbocycles. The third-order valence-electron chi connectivity index (χ3n) is 4.92. The van der Waals surface area contributed by atoms with E-state index in [1.165, 1.54) is 48.5 Å². The zero-order valence-corrected chi connectivity index (χ0v) is 22.9. The van der Waals surface area contributed by atoms with Crippen LogP contribution in [0.5, 0.6) is 23.0 Å². The molecule has 1 heterocycles. The van der Waals surface area contributed by atoms with Gasteiger partial charge >= 0.3 is 22.8 Å². The van der Waals surface area contributed by atoms with Crippen molar-refractivity contribution in [3.05, 3.63) is 120 Å². The van der Waals surface area contributed by atoms with Gasteiger partial charge in [0.25, 0.3) is 0 Å². The molecule has 2 atom stereocenters. The van der Waals surface area contributed by atoms with Gasteiger partial charge in [-0.1, -0.05) is 0 Å². The van der Waals surface area contributed by atoms with Crippen molar-refractivity contribution in [2.45, 2.75) is 0 Å². The van der Waals surface area contributed by atoms with Gasteiger partial charge in [-0.2, -0.15) is 0 Å². The van der Waals surface area contributed by atoms with Gasteiger partial charge in [0.1, 0.15) is 46.3 Å². The topological polar surface area (TPSA) is 126 Å². The van der Waals surface area contributed by atoms with Gasteiger partial charge < -0.3 is 18.1 Å². The first kappa shape index (κ1) is 28.0. The lowest BCUT2D eigenvalue weighted by Gasteiger charge is -2.31. The monoisotopic (exact) mass is 611 g/mol. The largest absolute Gasteiger partial charge is 0.457 e. The van der Waals surface area contributed by atoms with Crippen LogP contribution in [0.2, 0.25) is 0 Å². The number of benzene rings is 4. The average molecular weight is 611 g/mol. The molecule has 0 radical (unpaired) electrons. The Bertz CT molecular complexity index is 1580. The molecule has 4 aromatic carbocycles. The highest BCUT2D eigenvalue weighted by Crippen LogP contribution is 2.74. The molecule has 0 saturated heterocycles. The highest BCUT2D eigenvalue weighted by Gasteiger charge is 2.41. The molecule has 0 fully saturated rings. The Morgan fingerprint density at radius 1 is 0.400 bits per heavy atom. The van der Waals surface area contributed by atoms with E-state index in [1.54, 1.807) is 0 Å². The number of hydrogen-bond acceptors (Lipinski definition) is 9. The minimum atomic E-state index is -4.04. The Hall–Kier alpha value is -3.59. The summed E-state index contributed by atoms with van der Waals surface area (Å²) in [6.07, 6.45) is 0. The average Bonchev–Trinajstić information content (AvgIpc) is 2.89. The molecule has 40 heavy (non-hydrogen) atoms. The molecule has 1 aliphatic heterocycles. The van der Waals surface area contributed by atoms with Gasteiger partial charge in [-0.05, 0) is 97.1 Å². The van der Waals surface area contributed by atoms with Crippen LogP contribution in [-0.4, -0.2) is 0 Å². The molecular weight excluding hydrogens is 591 g/mol. The number of rotatable bonds is 8. The highest BCUT2D eigenvalue weighted by atomic mass is 31.3. The summed E-state index contributed by atoms with van der Waals surface area (Å²) >= 11 is 0. The van der Waals surface area contributed by atoms with E-state index in [-0.39, 0.29) is 23.0 Å². The van der Waals surface area contributed by atoms with Gasteiger partial charge in [0.05, 0.1) is 0 Å². The maximum Gasteiger partial charge on any atom is 0.457 e. The fraction of sp³-hybridized carbons (Fsp3) is 0. The second kappa shape index (κ2) is 11.1. The molecule has 0 bridgehead atoms. The van der Waals surface area contributed by atoms with Crippen molar-refractivity contribution in [2.75, 3.05) is 0 Å². The Balaban J connectivity index is 1.69. The summed E-state index contributed by atoms with van der Waals surface area (Å²) in [5.41, 5.74) is 13.1. The number of nitrogens with zero attached hydrogens (tertiary/aromatic N) is 3. The first-order valence-corrected chi connectivity index (χ1v) is 16.2. The smallest absolute Gasteiger partial charge is 0.431 e. The minimum absolute atomic E-state index is 0.0768. The summed E-state index contributed by atoms with van der Waals surface area (Å²) in [5.74, 6) is -1.76. The Kier molecular flexibility index (Phi) is 7.77. The third kappa shape index (κ3) is 6.94. The van der Waals surface area contributed by atoms with Crippen LogP contribution in [0.15, 0.2) is 111 Å². The first-order chi connectivity index (χ1) is 19.0. The van der Waals surface area contributed by atoms with Crippen molar-refractivity contribution in [1.29, 1.82) is 0 Å². The molecule has 1 aliphatic rings. The van der Waals surface area contributed by atoms with Crippen molar-refractivity contribution >= 4 is 22.8 Å². The van der Waals surface area contributed by atoms with Gasteiger partial charge in [0.2, 0.25) is 0 Å². The SMILES string of the molecule is N[P@]1(Oc2ccc(F)cc2)=NP(Oc2ccc(F)cc2)(Oc2ccc(F)cc2)=N[P@@](N)(Oc2ccc(F)cc2)=N1. The van der Waals surface area contributed by atoms with Crippen LogP contribution >= 0.6 is 22.8 Å². The molecule has 0 unspecified atom stereocenters. The van der Waals surface area contributed by atoms with Crippen LogP contribution in [0.1, 0.15) is 0 Å². The number of hydrogen-bond donors (Lipinski definition) is 2. The van der Waals surface area contributed by atoms with Gasteiger partial charge in [0.15, 0.2) is 0 Å². The normalized spacial score (nSPS) is 21.2. The molecular formula is C24H20F4N5O4P3. The van der Waals surface area contributed by atoms with Crippen LogP contribution in [-0.2, 0) is 0 Å². The van der Waals surface area contributed by atoms with Gasteiger partial charge in [0, 0.05) is 0 Å². The lowest BCUT2D eigenvalue weighted by Crippen LogP contribution is -2.12. The van der Waals surface area contributed by atoms with Gasteiger partial charge in [-0.15, -0.1) is 13.5 Å². The molecule has 0 saturated carbocycles. The van der Waals surface area contributed by atoms with Crippen LogP contribution in [0, 0.1) is 23.3 Å². The molecule has 4 aromatic rings. The Morgan fingerprint density at radius 3 is 1.00 bits per heavy atom. The van der Waals surface area contributed by atoms with Crippen molar-refractivity contribution in [3.8, 4) is 23.0 Å². The van der Waals surface area contributed by atoms with Crippen molar-refractivity contribution in [1.82, 2.24) is 0 Å². The first-order valence-electron chi connectivity index (χ1n) is 11.3. The van der Waals surface area contributed by atoms with E-state index in [0.717, 1.165) is 48.5 Å². The number of nitrogens with two attached hydrogens (primary N) is 2. The predicted octanol–water partition coefficient (Wildman–Crippen LogP) is 8.63. The second-order valence-electron chi connectivity index (χ2n) is 8.12. The maximum absolute atomic E-state index is 13.6. The molecule has 5 rings (SSSR count). The van der Waals surface area contributed by atoms with E-state index < -0.39 is 46.1 Å². The lowest BCUT2D eigenvalue weighted by atomic mass is 10.3. The zero-order chi connectivity index (χ0) is 28.4. The second-order valence-corrected chi connectivity index (χ2v) is 14.3. The van der Waals surface area contributed by atoms with Crippen molar-refractivity contribution < 1.29 is 35.7 Å². The fourth-order valence-electron chi connectivity index (χ4n) is 3.29. The summed E-state index contributed by atoms with van der Waals surface area (Å²) in [5, 5.41) is 0. The summed E-state index contributed by atoms with van der Waals surface area (Å²) in [7, 11) is -11.8. The quantitative estimate of drug-likeness (QED) is 0.152.